The third-order valence-corrected chi connectivity index (χ3v) is 5.39. The van der Waals surface area contributed by atoms with Crippen LogP contribution in [-0.2, 0) is 14.8 Å². The second kappa shape index (κ2) is 7.05. The Hall–Kier alpha value is -2.45. The molecular formula is C17H17ClN2O5S. The zero-order valence-corrected chi connectivity index (χ0v) is 15.7. The Morgan fingerprint density at radius 1 is 1.23 bits per heavy atom. The molecule has 1 N–H and O–H groups in total. The van der Waals surface area contributed by atoms with E-state index in [1.165, 1.54) is 0 Å². The lowest BCUT2D eigenvalue weighted by molar-refractivity contribution is -0.114. The Morgan fingerprint density at radius 2 is 1.96 bits per heavy atom. The van der Waals surface area contributed by atoms with Crippen molar-refractivity contribution in [3.05, 3.63) is 47.0 Å². The van der Waals surface area contributed by atoms with Gasteiger partial charge in [0.2, 0.25) is 22.7 Å². The molecule has 0 bridgehead atoms. The van der Waals surface area contributed by atoms with Crippen molar-refractivity contribution in [1.29, 1.82) is 0 Å². The minimum atomic E-state index is -3.68. The van der Waals surface area contributed by atoms with Gasteiger partial charge < -0.3 is 14.8 Å². The van der Waals surface area contributed by atoms with Crippen LogP contribution in [0.3, 0.4) is 0 Å². The molecule has 7 nitrogen and oxygen atoms in total. The van der Waals surface area contributed by atoms with Gasteiger partial charge in [-0.05, 0) is 36.8 Å². The van der Waals surface area contributed by atoms with Gasteiger partial charge in [0.05, 0.1) is 11.9 Å². The van der Waals surface area contributed by atoms with E-state index >= 15 is 0 Å². The van der Waals surface area contributed by atoms with E-state index in [4.69, 9.17) is 21.1 Å². The summed E-state index contributed by atoms with van der Waals surface area (Å²) in [5, 5.41) is 3.09. The van der Waals surface area contributed by atoms with Crippen LogP contribution in [0.2, 0.25) is 5.02 Å². The van der Waals surface area contributed by atoms with E-state index in [9.17, 15) is 13.2 Å². The molecule has 0 aromatic heterocycles. The van der Waals surface area contributed by atoms with Crippen molar-refractivity contribution in [1.82, 2.24) is 0 Å². The smallest absolute Gasteiger partial charge is 0.245 e. The van der Waals surface area contributed by atoms with E-state index in [1.807, 2.05) is 0 Å². The van der Waals surface area contributed by atoms with Crippen LogP contribution in [0.5, 0.6) is 11.5 Å². The van der Waals surface area contributed by atoms with Crippen molar-refractivity contribution in [2.75, 3.05) is 29.2 Å². The summed E-state index contributed by atoms with van der Waals surface area (Å²) in [6.45, 7) is 1.45. The third-order valence-electron chi connectivity index (χ3n) is 3.85. The van der Waals surface area contributed by atoms with Crippen molar-refractivity contribution in [2.24, 2.45) is 0 Å². The highest BCUT2D eigenvalue weighted by molar-refractivity contribution is 7.92. The lowest BCUT2D eigenvalue weighted by Crippen LogP contribution is -2.37. The van der Waals surface area contributed by atoms with Gasteiger partial charge >= 0.3 is 0 Å². The highest BCUT2D eigenvalue weighted by atomic mass is 35.5. The SMILES string of the molecule is Cc1c(Cl)cccc1N(CC(=O)Nc1ccc2c(c1)OCO2)S(C)(=O)=O. The fourth-order valence-corrected chi connectivity index (χ4v) is 3.63. The lowest BCUT2D eigenvalue weighted by Gasteiger charge is -2.24. The van der Waals surface area contributed by atoms with Gasteiger partial charge in [-0.2, -0.15) is 0 Å². The number of halogens is 1. The van der Waals surface area contributed by atoms with Crippen molar-refractivity contribution < 1.29 is 22.7 Å². The van der Waals surface area contributed by atoms with Gasteiger partial charge in [-0.3, -0.25) is 9.10 Å². The Balaban J connectivity index is 1.81. The average molecular weight is 397 g/mol. The molecule has 1 amide bonds. The summed E-state index contributed by atoms with van der Waals surface area (Å²) in [7, 11) is -3.68. The minimum Gasteiger partial charge on any atom is -0.454 e. The van der Waals surface area contributed by atoms with Gasteiger partial charge in [0.15, 0.2) is 11.5 Å². The summed E-state index contributed by atoms with van der Waals surface area (Å²) in [5.41, 5.74) is 1.42. The fourth-order valence-electron chi connectivity index (χ4n) is 2.55. The molecule has 2 aromatic rings. The van der Waals surface area contributed by atoms with E-state index in [0.29, 0.717) is 33.5 Å². The number of benzene rings is 2. The van der Waals surface area contributed by atoms with Crippen molar-refractivity contribution >= 4 is 38.9 Å². The van der Waals surface area contributed by atoms with Crippen molar-refractivity contribution in [3.63, 3.8) is 0 Å². The number of rotatable bonds is 5. The van der Waals surface area contributed by atoms with E-state index < -0.39 is 15.9 Å². The molecule has 138 valence electrons. The maximum atomic E-state index is 12.4. The Kier molecular flexibility index (Phi) is 4.97. The van der Waals surface area contributed by atoms with Crippen LogP contribution in [0.1, 0.15) is 5.56 Å². The second-order valence-electron chi connectivity index (χ2n) is 5.77. The van der Waals surface area contributed by atoms with Crippen LogP contribution in [0.25, 0.3) is 0 Å². The molecule has 3 rings (SSSR count). The van der Waals surface area contributed by atoms with Gasteiger partial charge in [0, 0.05) is 16.8 Å². The largest absolute Gasteiger partial charge is 0.454 e. The fraction of sp³-hybridized carbons (Fsp3) is 0.235. The second-order valence-corrected chi connectivity index (χ2v) is 8.08. The number of amides is 1. The molecule has 0 atom stereocenters. The zero-order valence-electron chi connectivity index (χ0n) is 14.2. The van der Waals surface area contributed by atoms with Crippen LogP contribution in [0.15, 0.2) is 36.4 Å². The molecule has 0 saturated carbocycles. The number of carbonyl (C=O) groups excluding carboxylic acids is 1. The summed E-state index contributed by atoms with van der Waals surface area (Å²) in [5.74, 6) is 0.623. The van der Waals surface area contributed by atoms with E-state index in [2.05, 4.69) is 5.32 Å². The average Bonchev–Trinajstić information content (AvgIpc) is 3.02. The highest BCUT2D eigenvalue weighted by Crippen LogP contribution is 2.34. The molecule has 0 saturated heterocycles. The molecule has 26 heavy (non-hydrogen) atoms. The Morgan fingerprint density at radius 3 is 2.69 bits per heavy atom. The molecule has 1 aliphatic rings. The number of hydrogen-bond donors (Lipinski definition) is 1. The van der Waals surface area contributed by atoms with Crippen LogP contribution >= 0.6 is 11.6 Å². The summed E-state index contributed by atoms with van der Waals surface area (Å²) in [6, 6.07) is 9.85. The zero-order chi connectivity index (χ0) is 18.9. The number of fused-ring (bicyclic) bond motifs is 1. The molecule has 0 aliphatic carbocycles. The number of nitrogens with zero attached hydrogens (tertiary/aromatic N) is 1. The summed E-state index contributed by atoms with van der Waals surface area (Å²) >= 11 is 6.08. The van der Waals surface area contributed by atoms with Gasteiger partial charge in [-0.25, -0.2) is 8.42 Å². The normalized spacial score (nSPS) is 12.7. The molecule has 0 unspecified atom stereocenters. The first-order valence-electron chi connectivity index (χ1n) is 7.68. The first-order chi connectivity index (χ1) is 12.3. The highest BCUT2D eigenvalue weighted by Gasteiger charge is 2.23. The van der Waals surface area contributed by atoms with Gasteiger partial charge in [0.25, 0.3) is 0 Å². The van der Waals surface area contributed by atoms with Crippen LogP contribution in [0, 0.1) is 6.92 Å². The van der Waals surface area contributed by atoms with E-state index in [1.54, 1.807) is 43.3 Å². The summed E-state index contributed by atoms with van der Waals surface area (Å²) in [6.07, 6.45) is 1.04. The monoisotopic (exact) mass is 396 g/mol. The molecule has 0 spiro atoms. The summed E-state index contributed by atoms with van der Waals surface area (Å²) in [4.78, 5) is 12.4. The number of carbonyl (C=O) groups is 1. The third kappa shape index (κ3) is 3.86. The van der Waals surface area contributed by atoms with Crippen LogP contribution < -0.4 is 19.1 Å². The maximum Gasteiger partial charge on any atom is 0.245 e. The van der Waals surface area contributed by atoms with Gasteiger partial charge in [-0.15, -0.1) is 0 Å². The van der Waals surface area contributed by atoms with Gasteiger partial charge in [0.1, 0.15) is 6.54 Å². The molecule has 2 aromatic carbocycles. The standard InChI is InChI=1S/C17H17ClN2O5S/c1-11-13(18)4-3-5-14(11)20(26(2,22)23)9-17(21)19-12-6-7-15-16(8-12)25-10-24-15/h3-8H,9-10H2,1-2H3,(H,19,21). The van der Waals surface area contributed by atoms with Crippen molar-refractivity contribution in [3.8, 4) is 11.5 Å². The number of anilines is 2. The number of sulfonamides is 1. The summed E-state index contributed by atoms with van der Waals surface area (Å²) < 4.78 is 35.9. The maximum absolute atomic E-state index is 12.4. The molecule has 0 radical (unpaired) electrons. The Bertz CT molecular complexity index is 962. The number of nitrogens with one attached hydrogen (secondary N) is 1. The molecule has 1 aliphatic heterocycles. The quantitative estimate of drug-likeness (QED) is 0.840. The minimum absolute atomic E-state index is 0.128. The first kappa shape index (κ1) is 18.3. The predicted octanol–water partition coefficient (Wildman–Crippen LogP) is 2.78. The molecule has 0 fully saturated rings. The topological polar surface area (TPSA) is 84.9 Å². The van der Waals surface area contributed by atoms with E-state index in [-0.39, 0.29) is 13.3 Å². The number of ether oxygens (including phenoxy) is 2. The molecule has 9 heteroatoms. The molecule has 1 heterocycles. The Labute approximate surface area is 156 Å². The van der Waals surface area contributed by atoms with Crippen LogP contribution in [0.4, 0.5) is 11.4 Å². The van der Waals surface area contributed by atoms with Crippen molar-refractivity contribution in [2.45, 2.75) is 6.92 Å². The molecular weight excluding hydrogens is 380 g/mol. The predicted molar refractivity (Wildman–Crippen MR) is 99.6 cm³/mol. The van der Waals surface area contributed by atoms with Gasteiger partial charge in [-0.1, -0.05) is 17.7 Å². The number of hydrogen-bond acceptors (Lipinski definition) is 5. The van der Waals surface area contributed by atoms with E-state index in [0.717, 1.165) is 10.6 Å². The van der Waals surface area contributed by atoms with Crippen LogP contribution in [-0.4, -0.2) is 33.9 Å². The first-order valence-corrected chi connectivity index (χ1v) is 9.90. The lowest BCUT2D eigenvalue weighted by atomic mass is 10.2.